The third-order valence-corrected chi connectivity index (χ3v) is 5.50. The van der Waals surface area contributed by atoms with Crippen molar-refractivity contribution >= 4 is 11.8 Å². The van der Waals surface area contributed by atoms with Gasteiger partial charge in [-0.3, -0.25) is 14.6 Å². The van der Waals surface area contributed by atoms with Crippen LogP contribution in [0.2, 0.25) is 0 Å². The molecule has 2 aromatic rings. The number of aromatic nitrogens is 1. The molecule has 6 nitrogen and oxygen atoms in total. The number of nitrogens with zero attached hydrogens (tertiary/aromatic N) is 3. The maximum absolute atomic E-state index is 13.2. The molecular formula is C20H23N3O3. The minimum absolute atomic E-state index is 0.124. The summed E-state index contributed by atoms with van der Waals surface area (Å²) in [5.41, 5.74) is 1.41. The number of likely N-dealkylation sites (tertiary alicyclic amines) is 2. The maximum atomic E-state index is 13.2. The largest absolute Gasteiger partial charge is 0.459 e. The van der Waals surface area contributed by atoms with Gasteiger partial charge in [-0.25, -0.2) is 0 Å². The number of hydrogen-bond donors (Lipinski definition) is 0. The lowest BCUT2D eigenvalue weighted by Crippen LogP contribution is -2.49. The molecule has 2 aliphatic heterocycles. The highest BCUT2D eigenvalue weighted by Crippen LogP contribution is 2.41. The Hall–Kier alpha value is -2.63. The Labute approximate surface area is 152 Å². The zero-order valence-corrected chi connectivity index (χ0v) is 15.0. The van der Waals surface area contributed by atoms with Crippen molar-refractivity contribution in [3.63, 3.8) is 0 Å². The van der Waals surface area contributed by atoms with Crippen molar-refractivity contribution in [1.82, 2.24) is 14.8 Å². The van der Waals surface area contributed by atoms with Gasteiger partial charge in [-0.1, -0.05) is 6.07 Å². The van der Waals surface area contributed by atoms with E-state index in [0.717, 1.165) is 37.2 Å². The van der Waals surface area contributed by atoms with Gasteiger partial charge in [0.05, 0.1) is 23.9 Å². The molecule has 0 radical (unpaired) electrons. The topological polar surface area (TPSA) is 66.7 Å². The van der Waals surface area contributed by atoms with Crippen LogP contribution in [0.1, 0.15) is 41.2 Å². The first kappa shape index (κ1) is 16.8. The molecule has 2 saturated heterocycles. The van der Waals surface area contributed by atoms with Gasteiger partial charge < -0.3 is 14.2 Å². The van der Waals surface area contributed by atoms with Crippen molar-refractivity contribution < 1.29 is 14.0 Å². The standard InChI is InChI=1S/C20H23N3O3/c1-15-5-2-6-16(21-15)13-22-11-9-20(19(22)25)8-4-10-23(14-20)18(24)17-7-3-12-26-17/h2-3,5-7,12H,4,8-11,13-14H2,1H3/t20-/m1/s1. The molecule has 2 amide bonds. The van der Waals surface area contributed by atoms with Gasteiger partial charge >= 0.3 is 0 Å². The molecule has 0 saturated carbocycles. The second-order valence-electron chi connectivity index (χ2n) is 7.33. The van der Waals surface area contributed by atoms with E-state index in [9.17, 15) is 9.59 Å². The van der Waals surface area contributed by atoms with E-state index in [1.807, 2.05) is 30.0 Å². The van der Waals surface area contributed by atoms with Crippen LogP contribution in [0, 0.1) is 12.3 Å². The Morgan fingerprint density at radius 1 is 1.23 bits per heavy atom. The van der Waals surface area contributed by atoms with E-state index in [2.05, 4.69) is 4.98 Å². The van der Waals surface area contributed by atoms with E-state index >= 15 is 0 Å². The molecule has 4 heterocycles. The average Bonchev–Trinajstić information content (AvgIpc) is 3.27. The Kier molecular flexibility index (Phi) is 4.26. The van der Waals surface area contributed by atoms with Gasteiger partial charge in [0.15, 0.2) is 5.76 Å². The summed E-state index contributed by atoms with van der Waals surface area (Å²) in [6, 6.07) is 9.27. The van der Waals surface area contributed by atoms with Crippen molar-refractivity contribution in [2.45, 2.75) is 32.7 Å². The molecule has 136 valence electrons. The van der Waals surface area contributed by atoms with E-state index in [0.29, 0.717) is 25.4 Å². The Morgan fingerprint density at radius 3 is 2.88 bits per heavy atom. The molecule has 2 aromatic heterocycles. The number of carbonyl (C=O) groups is 2. The SMILES string of the molecule is Cc1cccc(CN2CC[C@@]3(CCCN(C(=O)c4ccco4)C3)C2=O)n1. The molecule has 0 bridgehead atoms. The number of pyridine rings is 1. The lowest BCUT2D eigenvalue weighted by molar-refractivity contribution is -0.138. The fraction of sp³-hybridized carbons (Fsp3) is 0.450. The number of furan rings is 1. The van der Waals surface area contributed by atoms with Crippen LogP contribution >= 0.6 is 0 Å². The first-order chi connectivity index (χ1) is 12.6. The monoisotopic (exact) mass is 353 g/mol. The third kappa shape index (κ3) is 3.00. The minimum Gasteiger partial charge on any atom is -0.459 e. The summed E-state index contributed by atoms with van der Waals surface area (Å²) in [6.07, 6.45) is 3.98. The summed E-state index contributed by atoms with van der Waals surface area (Å²) in [5, 5.41) is 0. The molecule has 0 unspecified atom stereocenters. The van der Waals surface area contributed by atoms with Crippen LogP contribution in [-0.4, -0.2) is 46.2 Å². The van der Waals surface area contributed by atoms with Gasteiger partial charge in [-0.2, -0.15) is 0 Å². The van der Waals surface area contributed by atoms with Crippen molar-refractivity contribution in [2.24, 2.45) is 5.41 Å². The first-order valence-corrected chi connectivity index (χ1v) is 9.12. The molecule has 0 N–H and O–H groups in total. The summed E-state index contributed by atoms with van der Waals surface area (Å²) in [5.74, 6) is 0.367. The highest BCUT2D eigenvalue weighted by molar-refractivity contribution is 5.93. The van der Waals surface area contributed by atoms with Crippen molar-refractivity contribution in [2.75, 3.05) is 19.6 Å². The predicted molar refractivity (Wildman–Crippen MR) is 95.3 cm³/mol. The Bertz CT molecular complexity index is 817. The molecule has 26 heavy (non-hydrogen) atoms. The Morgan fingerprint density at radius 2 is 2.12 bits per heavy atom. The van der Waals surface area contributed by atoms with Crippen LogP contribution in [0.15, 0.2) is 41.0 Å². The van der Waals surface area contributed by atoms with Gasteiger partial charge in [0.2, 0.25) is 5.91 Å². The summed E-state index contributed by atoms with van der Waals surface area (Å²) < 4.78 is 5.24. The van der Waals surface area contributed by atoms with E-state index < -0.39 is 5.41 Å². The molecule has 6 heteroatoms. The summed E-state index contributed by atoms with van der Waals surface area (Å²) in [7, 11) is 0. The average molecular weight is 353 g/mol. The fourth-order valence-electron chi connectivity index (χ4n) is 4.17. The lowest BCUT2D eigenvalue weighted by Gasteiger charge is -2.38. The number of piperidine rings is 1. The number of hydrogen-bond acceptors (Lipinski definition) is 4. The molecule has 0 aromatic carbocycles. The third-order valence-electron chi connectivity index (χ3n) is 5.50. The van der Waals surface area contributed by atoms with Crippen LogP contribution in [0.5, 0.6) is 0 Å². The highest BCUT2D eigenvalue weighted by atomic mass is 16.3. The van der Waals surface area contributed by atoms with Crippen LogP contribution in [0.25, 0.3) is 0 Å². The fourth-order valence-corrected chi connectivity index (χ4v) is 4.17. The lowest BCUT2D eigenvalue weighted by atomic mass is 9.78. The van der Waals surface area contributed by atoms with E-state index in [1.165, 1.54) is 6.26 Å². The van der Waals surface area contributed by atoms with Crippen LogP contribution in [0.3, 0.4) is 0 Å². The van der Waals surface area contributed by atoms with Gasteiger partial charge in [-0.15, -0.1) is 0 Å². The first-order valence-electron chi connectivity index (χ1n) is 9.12. The van der Waals surface area contributed by atoms with Gasteiger partial charge in [0, 0.05) is 25.3 Å². The van der Waals surface area contributed by atoms with Crippen LogP contribution < -0.4 is 0 Å². The predicted octanol–water partition coefficient (Wildman–Crippen LogP) is 2.64. The smallest absolute Gasteiger partial charge is 0.289 e. The number of amides is 2. The molecular weight excluding hydrogens is 330 g/mol. The van der Waals surface area contributed by atoms with E-state index in [-0.39, 0.29) is 11.8 Å². The highest BCUT2D eigenvalue weighted by Gasteiger charge is 2.49. The maximum Gasteiger partial charge on any atom is 0.289 e. The molecule has 1 atom stereocenters. The van der Waals surface area contributed by atoms with Crippen molar-refractivity contribution in [3.8, 4) is 0 Å². The molecule has 4 rings (SSSR count). The zero-order chi connectivity index (χ0) is 18.1. The summed E-state index contributed by atoms with van der Waals surface area (Å²) in [4.78, 5) is 34.0. The molecule has 2 fully saturated rings. The Balaban J connectivity index is 1.48. The summed E-state index contributed by atoms with van der Waals surface area (Å²) >= 11 is 0. The van der Waals surface area contributed by atoms with Crippen LogP contribution in [0.4, 0.5) is 0 Å². The van der Waals surface area contributed by atoms with Crippen LogP contribution in [-0.2, 0) is 11.3 Å². The second-order valence-corrected chi connectivity index (χ2v) is 7.33. The van der Waals surface area contributed by atoms with E-state index in [4.69, 9.17) is 4.42 Å². The van der Waals surface area contributed by atoms with Gasteiger partial charge in [-0.05, 0) is 50.5 Å². The number of aryl methyl sites for hydroxylation is 1. The van der Waals surface area contributed by atoms with Gasteiger partial charge in [0.25, 0.3) is 5.91 Å². The quantitative estimate of drug-likeness (QED) is 0.851. The number of rotatable bonds is 3. The minimum atomic E-state index is -0.454. The van der Waals surface area contributed by atoms with E-state index in [1.54, 1.807) is 17.0 Å². The zero-order valence-electron chi connectivity index (χ0n) is 15.0. The van der Waals surface area contributed by atoms with Crippen molar-refractivity contribution in [1.29, 1.82) is 0 Å². The normalized spacial score (nSPS) is 23.0. The molecule has 0 aliphatic carbocycles. The van der Waals surface area contributed by atoms with Crippen molar-refractivity contribution in [3.05, 3.63) is 53.7 Å². The van der Waals surface area contributed by atoms with Gasteiger partial charge in [0.1, 0.15) is 0 Å². The number of carbonyl (C=O) groups excluding carboxylic acids is 2. The second kappa shape index (κ2) is 6.59. The molecule has 1 spiro atoms. The summed E-state index contributed by atoms with van der Waals surface area (Å²) in [6.45, 7) is 4.36. The molecule has 2 aliphatic rings.